The van der Waals surface area contributed by atoms with Crippen LogP contribution in [0, 0.1) is 17.3 Å². The molecule has 0 amide bonds. The molecule has 4 aliphatic rings. The van der Waals surface area contributed by atoms with Crippen LogP contribution in [0.4, 0.5) is 8.78 Å². The van der Waals surface area contributed by atoms with Gasteiger partial charge in [0.05, 0.1) is 12.2 Å². The van der Waals surface area contributed by atoms with E-state index in [1.165, 1.54) is 0 Å². The van der Waals surface area contributed by atoms with Crippen molar-refractivity contribution in [1.82, 2.24) is 0 Å². The van der Waals surface area contributed by atoms with Crippen LogP contribution in [0.5, 0.6) is 0 Å². The molecule has 6 heteroatoms. The molecule has 4 bridgehead atoms. The van der Waals surface area contributed by atoms with Crippen LogP contribution in [0.2, 0.25) is 0 Å². The van der Waals surface area contributed by atoms with Gasteiger partial charge in [-0.1, -0.05) is 0 Å². The summed E-state index contributed by atoms with van der Waals surface area (Å²) in [5.74, 6) is -0.626. The van der Waals surface area contributed by atoms with Gasteiger partial charge in [0.15, 0.2) is 0 Å². The summed E-state index contributed by atoms with van der Waals surface area (Å²) in [6.45, 7) is 0.00231. The molecule has 1 N–H and O–H groups in total. The lowest BCUT2D eigenvalue weighted by Gasteiger charge is -2.59. The number of hydrogen-bond donors (Lipinski definition) is 1. The SMILES string of the molecule is O=C(OCC12CC3CC(CC(O)(C3)C1)C2)C(F)(F)Br. The van der Waals surface area contributed by atoms with Gasteiger partial charge in [-0.05, 0) is 50.4 Å². The minimum atomic E-state index is -3.62. The number of ether oxygens (including phenoxy) is 1. The third kappa shape index (κ3) is 2.53. The van der Waals surface area contributed by atoms with Gasteiger partial charge in [-0.15, -0.1) is 0 Å². The van der Waals surface area contributed by atoms with Gasteiger partial charge >= 0.3 is 10.8 Å². The summed E-state index contributed by atoms with van der Waals surface area (Å²) in [5.41, 5.74) is -0.944. The minimum Gasteiger partial charge on any atom is -0.460 e. The molecule has 4 aliphatic carbocycles. The normalized spacial score (nSPS) is 44.4. The van der Waals surface area contributed by atoms with Crippen LogP contribution >= 0.6 is 15.9 Å². The number of hydrogen-bond acceptors (Lipinski definition) is 3. The highest BCUT2D eigenvalue weighted by Gasteiger charge is 2.57. The van der Waals surface area contributed by atoms with E-state index in [4.69, 9.17) is 4.74 Å². The van der Waals surface area contributed by atoms with Crippen molar-refractivity contribution in [2.45, 2.75) is 49.0 Å². The van der Waals surface area contributed by atoms with Crippen molar-refractivity contribution in [1.29, 1.82) is 0 Å². The number of aliphatic hydroxyl groups is 1. The maximum Gasteiger partial charge on any atom is 0.395 e. The minimum absolute atomic E-state index is 0.00231. The van der Waals surface area contributed by atoms with Gasteiger partial charge in [-0.3, -0.25) is 0 Å². The van der Waals surface area contributed by atoms with Gasteiger partial charge in [-0.25, -0.2) is 4.79 Å². The van der Waals surface area contributed by atoms with E-state index >= 15 is 0 Å². The Morgan fingerprint density at radius 2 is 1.89 bits per heavy atom. The highest BCUT2D eigenvalue weighted by Crippen LogP contribution is 2.61. The monoisotopic (exact) mass is 338 g/mol. The zero-order chi connectivity index (χ0) is 13.9. The van der Waals surface area contributed by atoms with Crippen LogP contribution in [-0.2, 0) is 9.53 Å². The molecule has 4 rings (SSSR count). The molecule has 19 heavy (non-hydrogen) atoms. The molecule has 4 fully saturated rings. The average molecular weight is 339 g/mol. The van der Waals surface area contributed by atoms with Crippen LogP contribution in [0.15, 0.2) is 0 Å². The Hall–Kier alpha value is -0.230. The molecule has 0 aromatic carbocycles. The number of halogens is 3. The van der Waals surface area contributed by atoms with Gasteiger partial charge < -0.3 is 9.84 Å². The summed E-state index contributed by atoms with van der Waals surface area (Å²) in [6.07, 6.45) is 5.09. The van der Waals surface area contributed by atoms with E-state index < -0.39 is 16.4 Å². The predicted octanol–water partition coefficient (Wildman–Crippen LogP) is 2.85. The molecule has 2 unspecified atom stereocenters. The molecule has 0 aromatic rings. The van der Waals surface area contributed by atoms with Crippen LogP contribution in [0.1, 0.15) is 38.5 Å². The third-order valence-electron chi connectivity index (χ3n) is 4.89. The first-order chi connectivity index (χ1) is 8.70. The van der Waals surface area contributed by atoms with Crippen molar-refractivity contribution < 1.29 is 23.4 Å². The Bertz CT molecular complexity index is 393. The Morgan fingerprint density at radius 3 is 2.37 bits per heavy atom. The Balaban J connectivity index is 1.69. The fraction of sp³-hybridized carbons (Fsp3) is 0.923. The first kappa shape index (κ1) is 13.7. The van der Waals surface area contributed by atoms with Gasteiger partial charge in [0.25, 0.3) is 0 Å². The maximum atomic E-state index is 12.7. The van der Waals surface area contributed by atoms with Gasteiger partial charge in [0, 0.05) is 21.3 Å². The van der Waals surface area contributed by atoms with Crippen LogP contribution < -0.4 is 0 Å². The predicted molar refractivity (Wildman–Crippen MR) is 66.9 cm³/mol. The maximum absolute atomic E-state index is 12.7. The second-order valence-electron chi connectivity index (χ2n) is 6.76. The highest BCUT2D eigenvalue weighted by molar-refractivity contribution is 9.10. The van der Waals surface area contributed by atoms with Crippen molar-refractivity contribution in [3.8, 4) is 0 Å². The molecule has 108 valence electrons. The average Bonchev–Trinajstić information content (AvgIpc) is 2.21. The van der Waals surface area contributed by atoms with E-state index in [9.17, 15) is 18.7 Å². The fourth-order valence-corrected chi connectivity index (χ4v) is 4.99. The van der Waals surface area contributed by atoms with Crippen LogP contribution in [0.3, 0.4) is 0 Å². The molecular weight excluding hydrogens is 322 g/mol. The second-order valence-corrected chi connectivity index (χ2v) is 7.76. The Labute approximate surface area is 118 Å². The Kier molecular flexibility index (Phi) is 2.99. The van der Waals surface area contributed by atoms with Crippen molar-refractivity contribution in [3.63, 3.8) is 0 Å². The standard InChI is InChI=1S/C13H17BrF2O3/c14-13(15,16)10(17)19-7-11-2-8-1-9(3-11)5-12(18,4-8)6-11/h8-9,18H,1-7H2. The van der Waals surface area contributed by atoms with Gasteiger partial charge in [-0.2, -0.15) is 8.78 Å². The first-order valence-corrected chi connectivity index (χ1v) is 7.45. The van der Waals surface area contributed by atoms with E-state index in [1.54, 1.807) is 0 Å². The summed E-state index contributed by atoms with van der Waals surface area (Å²) in [7, 11) is 0. The molecule has 4 saturated carbocycles. The lowest BCUT2D eigenvalue weighted by molar-refractivity contribution is -0.192. The van der Waals surface area contributed by atoms with Gasteiger partial charge in [0.1, 0.15) is 0 Å². The van der Waals surface area contributed by atoms with E-state index in [1.807, 2.05) is 15.9 Å². The summed E-state index contributed by atoms with van der Waals surface area (Å²) < 4.78 is 30.3. The van der Waals surface area contributed by atoms with Crippen LogP contribution in [0.25, 0.3) is 0 Å². The topological polar surface area (TPSA) is 46.5 Å². The molecule has 3 nitrogen and oxygen atoms in total. The number of alkyl halides is 3. The van der Waals surface area contributed by atoms with E-state index in [-0.39, 0.29) is 12.0 Å². The molecule has 0 saturated heterocycles. The molecular formula is C13H17BrF2O3. The zero-order valence-electron chi connectivity index (χ0n) is 10.5. The number of carbonyl (C=O) groups is 1. The lowest BCUT2D eigenvalue weighted by Crippen LogP contribution is -2.57. The molecule has 0 aromatic heterocycles. The van der Waals surface area contributed by atoms with Gasteiger partial charge in [0.2, 0.25) is 0 Å². The summed E-state index contributed by atoms with van der Waals surface area (Å²) in [5, 5.41) is 10.5. The quantitative estimate of drug-likeness (QED) is 0.635. The van der Waals surface area contributed by atoms with E-state index in [0.717, 1.165) is 32.1 Å². The first-order valence-electron chi connectivity index (χ1n) is 6.66. The summed E-state index contributed by atoms with van der Waals surface area (Å²) in [6, 6.07) is 0. The molecule has 0 aliphatic heterocycles. The van der Waals surface area contributed by atoms with Crippen molar-refractivity contribution in [2.75, 3.05) is 6.61 Å². The lowest BCUT2D eigenvalue weighted by atomic mass is 9.48. The number of esters is 1. The molecule has 0 heterocycles. The molecule has 0 radical (unpaired) electrons. The van der Waals surface area contributed by atoms with E-state index in [0.29, 0.717) is 18.3 Å². The van der Waals surface area contributed by atoms with Crippen molar-refractivity contribution in [3.05, 3.63) is 0 Å². The second kappa shape index (κ2) is 4.13. The third-order valence-corrected chi connectivity index (χ3v) is 5.22. The van der Waals surface area contributed by atoms with E-state index in [2.05, 4.69) is 0 Å². The summed E-state index contributed by atoms with van der Waals surface area (Å²) in [4.78, 5) is 7.54. The zero-order valence-corrected chi connectivity index (χ0v) is 12.1. The van der Waals surface area contributed by atoms with Crippen molar-refractivity contribution >= 4 is 21.9 Å². The summed E-state index contributed by atoms with van der Waals surface area (Å²) >= 11 is 2.01. The highest BCUT2D eigenvalue weighted by atomic mass is 79.9. The largest absolute Gasteiger partial charge is 0.460 e. The van der Waals surface area contributed by atoms with Crippen molar-refractivity contribution in [2.24, 2.45) is 17.3 Å². The molecule has 2 atom stereocenters. The number of rotatable bonds is 3. The smallest absolute Gasteiger partial charge is 0.395 e. The molecule has 0 spiro atoms. The van der Waals surface area contributed by atoms with Crippen LogP contribution in [-0.4, -0.2) is 28.1 Å². The fourth-order valence-electron chi connectivity index (χ4n) is 4.87. The number of carbonyl (C=O) groups excluding carboxylic acids is 1. The Morgan fingerprint density at radius 1 is 1.32 bits per heavy atom.